The summed E-state index contributed by atoms with van der Waals surface area (Å²) in [4.78, 5) is 67.5. The number of hydrogen-bond donors (Lipinski definition) is 1. The molecule has 0 amide bonds. The Hall–Kier alpha value is -2.62. The number of carbonyl (C=O) groups excluding carboxylic acids is 6. The molecule has 0 aromatic heterocycles. The van der Waals surface area contributed by atoms with Crippen LogP contribution in [0, 0.1) is 0 Å². The first-order valence-corrected chi connectivity index (χ1v) is 7.62. The lowest BCUT2D eigenvalue weighted by Crippen LogP contribution is -2.49. The second-order valence-corrected chi connectivity index (χ2v) is 5.77. The van der Waals surface area contributed by atoms with E-state index in [1.54, 1.807) is 0 Å². The van der Waals surface area contributed by atoms with Crippen molar-refractivity contribution in [1.29, 1.82) is 0 Å². The van der Waals surface area contributed by atoms with Gasteiger partial charge in [-0.3, -0.25) is 28.8 Å². The Balaban J connectivity index is 5.11. The van der Waals surface area contributed by atoms with Gasteiger partial charge >= 0.3 is 17.9 Å². The summed E-state index contributed by atoms with van der Waals surface area (Å²) in [5, 5.41) is 9.57. The highest BCUT2D eigenvalue weighted by Gasteiger charge is 2.38. The first-order chi connectivity index (χ1) is 12.0. The van der Waals surface area contributed by atoms with E-state index in [4.69, 9.17) is 14.2 Å². The predicted molar refractivity (Wildman–Crippen MR) is 83.7 cm³/mol. The Kier molecular flexibility index (Phi) is 9.97. The Morgan fingerprint density at radius 1 is 0.692 bits per heavy atom. The monoisotopic (exact) mass is 374 g/mol. The molecule has 0 unspecified atom stereocenters. The minimum atomic E-state index is -1.97. The number of ketones is 3. The molecule has 0 aromatic rings. The standard InChI is InChI=1S/C16H22O10/c1-10(18)4-13(21)24-8-16(7-17,26-15(23)6-12(3)20)9-25-14(22)5-11(2)19/h17H,4-9H2,1-3H3. The number of hydrogen-bond acceptors (Lipinski definition) is 10. The van der Waals surface area contributed by atoms with Gasteiger partial charge in [-0.15, -0.1) is 0 Å². The zero-order valence-corrected chi connectivity index (χ0v) is 14.9. The van der Waals surface area contributed by atoms with E-state index in [0.717, 1.165) is 20.8 Å². The van der Waals surface area contributed by atoms with Gasteiger partial charge in [0.25, 0.3) is 0 Å². The average molecular weight is 374 g/mol. The van der Waals surface area contributed by atoms with E-state index in [1.807, 2.05) is 0 Å². The third kappa shape index (κ3) is 10.3. The van der Waals surface area contributed by atoms with E-state index in [1.165, 1.54) is 0 Å². The van der Waals surface area contributed by atoms with Gasteiger partial charge in [-0.1, -0.05) is 0 Å². The van der Waals surface area contributed by atoms with Crippen molar-refractivity contribution in [3.63, 3.8) is 0 Å². The van der Waals surface area contributed by atoms with Crippen LogP contribution in [0.25, 0.3) is 0 Å². The molecule has 0 aliphatic heterocycles. The highest BCUT2D eigenvalue weighted by atomic mass is 16.6. The van der Waals surface area contributed by atoms with Crippen LogP contribution in [0.4, 0.5) is 0 Å². The highest BCUT2D eigenvalue weighted by Crippen LogP contribution is 2.15. The molecule has 0 saturated carbocycles. The van der Waals surface area contributed by atoms with Gasteiger partial charge in [-0.2, -0.15) is 0 Å². The van der Waals surface area contributed by atoms with Crippen molar-refractivity contribution in [3.05, 3.63) is 0 Å². The number of aliphatic hydroxyl groups excluding tert-OH is 1. The lowest BCUT2D eigenvalue weighted by atomic mass is 10.1. The molecule has 0 saturated heterocycles. The zero-order valence-electron chi connectivity index (χ0n) is 14.9. The highest BCUT2D eigenvalue weighted by molar-refractivity contribution is 5.95. The fraction of sp³-hybridized carbons (Fsp3) is 0.625. The summed E-state index contributed by atoms with van der Waals surface area (Å²) < 4.78 is 14.6. The molecule has 0 aliphatic carbocycles. The van der Waals surface area contributed by atoms with Gasteiger partial charge in [-0.25, -0.2) is 0 Å². The third-order valence-electron chi connectivity index (χ3n) is 2.79. The van der Waals surface area contributed by atoms with Crippen LogP contribution in [0.2, 0.25) is 0 Å². The minimum Gasteiger partial charge on any atom is -0.461 e. The first kappa shape index (κ1) is 23.4. The van der Waals surface area contributed by atoms with Crippen molar-refractivity contribution in [2.45, 2.75) is 45.6 Å². The Labute approximate surface area is 149 Å². The fourth-order valence-electron chi connectivity index (χ4n) is 1.64. The molecule has 0 spiro atoms. The summed E-state index contributed by atoms with van der Waals surface area (Å²) in [5.41, 5.74) is -1.97. The molecular weight excluding hydrogens is 352 g/mol. The second-order valence-electron chi connectivity index (χ2n) is 5.77. The van der Waals surface area contributed by atoms with Gasteiger partial charge in [0.05, 0.1) is 6.61 Å². The SMILES string of the molecule is CC(=O)CC(=O)OCC(CO)(COC(=O)CC(C)=O)OC(=O)CC(C)=O. The molecule has 26 heavy (non-hydrogen) atoms. The lowest BCUT2D eigenvalue weighted by molar-refractivity contribution is -0.191. The van der Waals surface area contributed by atoms with Gasteiger partial charge in [0.15, 0.2) is 0 Å². The van der Waals surface area contributed by atoms with Crippen LogP contribution >= 0.6 is 0 Å². The summed E-state index contributed by atoms with van der Waals surface area (Å²) in [6, 6.07) is 0. The van der Waals surface area contributed by atoms with Crippen molar-refractivity contribution in [2.24, 2.45) is 0 Å². The van der Waals surface area contributed by atoms with Crippen molar-refractivity contribution in [2.75, 3.05) is 19.8 Å². The maximum absolute atomic E-state index is 11.7. The van der Waals surface area contributed by atoms with Crippen LogP contribution in [-0.2, 0) is 43.0 Å². The number of carbonyl (C=O) groups is 6. The van der Waals surface area contributed by atoms with Crippen molar-refractivity contribution in [3.8, 4) is 0 Å². The number of Topliss-reactive ketones (excluding diaryl/α,β-unsaturated/α-hetero) is 3. The van der Waals surface area contributed by atoms with Crippen molar-refractivity contribution >= 4 is 35.3 Å². The summed E-state index contributed by atoms with van der Waals surface area (Å²) in [7, 11) is 0. The number of aliphatic hydroxyl groups is 1. The van der Waals surface area contributed by atoms with Crippen LogP contribution in [0.1, 0.15) is 40.0 Å². The predicted octanol–water partition coefficient (Wildman–Crippen LogP) is -0.716. The summed E-state index contributed by atoms with van der Waals surface area (Å²) in [5.74, 6) is -4.35. The third-order valence-corrected chi connectivity index (χ3v) is 2.79. The smallest absolute Gasteiger partial charge is 0.314 e. The lowest BCUT2D eigenvalue weighted by Gasteiger charge is -2.30. The molecule has 0 rings (SSSR count). The quantitative estimate of drug-likeness (QED) is 0.263. The van der Waals surface area contributed by atoms with E-state index >= 15 is 0 Å². The van der Waals surface area contributed by atoms with Gasteiger partial charge in [0, 0.05) is 0 Å². The second kappa shape index (κ2) is 11.1. The number of ether oxygens (including phenoxy) is 3. The largest absolute Gasteiger partial charge is 0.461 e. The molecular formula is C16H22O10. The van der Waals surface area contributed by atoms with E-state index in [9.17, 15) is 33.9 Å². The summed E-state index contributed by atoms with van der Waals surface area (Å²) in [6.07, 6.45) is -1.68. The number of rotatable bonds is 12. The van der Waals surface area contributed by atoms with Crippen LogP contribution in [0.5, 0.6) is 0 Å². The molecule has 0 aromatic carbocycles. The normalized spacial score (nSPS) is 10.6. The Morgan fingerprint density at radius 3 is 1.35 bits per heavy atom. The van der Waals surface area contributed by atoms with E-state index in [2.05, 4.69) is 0 Å². The molecule has 0 heterocycles. The van der Waals surface area contributed by atoms with Gasteiger partial charge < -0.3 is 19.3 Å². The van der Waals surface area contributed by atoms with Crippen LogP contribution in [-0.4, -0.2) is 65.8 Å². The van der Waals surface area contributed by atoms with Gasteiger partial charge in [0.2, 0.25) is 5.60 Å². The van der Waals surface area contributed by atoms with E-state index in [0.29, 0.717) is 0 Å². The van der Waals surface area contributed by atoms with E-state index in [-0.39, 0.29) is 0 Å². The summed E-state index contributed by atoms with van der Waals surface area (Å²) >= 11 is 0. The van der Waals surface area contributed by atoms with Crippen molar-refractivity contribution < 1.29 is 48.1 Å². The molecule has 0 fully saturated rings. The van der Waals surface area contributed by atoms with E-state index < -0.39 is 79.9 Å². The molecule has 0 radical (unpaired) electrons. The van der Waals surface area contributed by atoms with Gasteiger partial charge in [-0.05, 0) is 20.8 Å². The molecule has 1 N–H and O–H groups in total. The molecule has 10 heteroatoms. The fourth-order valence-corrected chi connectivity index (χ4v) is 1.64. The van der Waals surface area contributed by atoms with Crippen LogP contribution in [0.3, 0.4) is 0 Å². The zero-order chi connectivity index (χ0) is 20.3. The summed E-state index contributed by atoms with van der Waals surface area (Å²) in [6.45, 7) is 1.13. The average Bonchev–Trinajstić information content (AvgIpc) is 2.48. The maximum Gasteiger partial charge on any atom is 0.314 e. The Bertz CT molecular complexity index is 546. The van der Waals surface area contributed by atoms with Crippen molar-refractivity contribution in [1.82, 2.24) is 0 Å². The topological polar surface area (TPSA) is 150 Å². The molecule has 10 nitrogen and oxygen atoms in total. The molecule has 0 bridgehead atoms. The van der Waals surface area contributed by atoms with Gasteiger partial charge in [0.1, 0.15) is 49.8 Å². The maximum atomic E-state index is 11.7. The Morgan fingerprint density at radius 2 is 1.04 bits per heavy atom. The molecule has 0 atom stereocenters. The van der Waals surface area contributed by atoms with Crippen LogP contribution < -0.4 is 0 Å². The number of esters is 3. The molecule has 0 aliphatic rings. The molecule has 146 valence electrons. The minimum absolute atomic E-state index is 0.467. The van der Waals surface area contributed by atoms with Crippen LogP contribution in [0.15, 0.2) is 0 Å². The first-order valence-electron chi connectivity index (χ1n) is 7.62.